The molecule has 6 heteroatoms. The van der Waals surface area contributed by atoms with Gasteiger partial charge in [-0.1, -0.05) is 6.92 Å². The van der Waals surface area contributed by atoms with Crippen LogP contribution in [0.25, 0.3) is 0 Å². The van der Waals surface area contributed by atoms with Crippen molar-refractivity contribution in [1.29, 1.82) is 0 Å². The third-order valence-electron chi connectivity index (χ3n) is 2.31. The highest BCUT2D eigenvalue weighted by molar-refractivity contribution is 5.79. The molecule has 0 saturated heterocycles. The van der Waals surface area contributed by atoms with Crippen molar-refractivity contribution >= 4 is 12.0 Å². The SMILES string of the molecule is CCC(C)Oc1cc(C=O)cc([N+](=O)[O-])c1O. The second-order valence-electron chi connectivity index (χ2n) is 3.60. The summed E-state index contributed by atoms with van der Waals surface area (Å²) in [7, 11) is 0. The first-order chi connectivity index (χ1) is 7.99. The van der Waals surface area contributed by atoms with Crippen molar-refractivity contribution in [2.24, 2.45) is 0 Å². The highest BCUT2D eigenvalue weighted by Gasteiger charge is 2.21. The van der Waals surface area contributed by atoms with Crippen LogP contribution in [0.2, 0.25) is 0 Å². The minimum absolute atomic E-state index is 0.0457. The fourth-order valence-electron chi connectivity index (χ4n) is 1.21. The van der Waals surface area contributed by atoms with E-state index in [0.717, 1.165) is 6.07 Å². The Morgan fingerprint density at radius 3 is 2.71 bits per heavy atom. The Labute approximate surface area is 98.0 Å². The van der Waals surface area contributed by atoms with Gasteiger partial charge in [-0.05, 0) is 19.4 Å². The monoisotopic (exact) mass is 239 g/mol. The molecule has 6 nitrogen and oxygen atoms in total. The minimum atomic E-state index is -0.758. The van der Waals surface area contributed by atoms with E-state index in [1.807, 2.05) is 6.92 Å². The summed E-state index contributed by atoms with van der Waals surface area (Å²) in [6.45, 7) is 3.64. The number of nitro benzene ring substituents is 1. The fraction of sp³-hybridized carbons (Fsp3) is 0.364. The number of aldehydes is 1. The summed E-state index contributed by atoms with van der Waals surface area (Å²) in [5.74, 6) is -0.600. The highest BCUT2D eigenvalue weighted by Crippen LogP contribution is 2.37. The summed E-state index contributed by atoms with van der Waals surface area (Å²) < 4.78 is 5.31. The third-order valence-corrected chi connectivity index (χ3v) is 2.31. The molecule has 0 amide bonds. The summed E-state index contributed by atoms with van der Waals surface area (Å²) in [6, 6.07) is 2.29. The summed E-state index contributed by atoms with van der Waals surface area (Å²) >= 11 is 0. The second kappa shape index (κ2) is 5.29. The molecule has 1 aromatic carbocycles. The molecule has 92 valence electrons. The van der Waals surface area contributed by atoms with Gasteiger partial charge in [-0.25, -0.2) is 0 Å². The van der Waals surface area contributed by atoms with Gasteiger partial charge in [0.15, 0.2) is 5.75 Å². The molecule has 0 radical (unpaired) electrons. The molecule has 0 aromatic heterocycles. The Morgan fingerprint density at radius 1 is 1.59 bits per heavy atom. The van der Waals surface area contributed by atoms with Crippen LogP contribution in [-0.4, -0.2) is 22.4 Å². The molecule has 0 fully saturated rings. The molecular weight excluding hydrogens is 226 g/mol. The Balaban J connectivity index is 3.23. The maximum absolute atomic E-state index is 10.7. The minimum Gasteiger partial charge on any atom is -0.500 e. The molecule has 1 aromatic rings. The van der Waals surface area contributed by atoms with Crippen LogP contribution >= 0.6 is 0 Å². The van der Waals surface area contributed by atoms with Crippen molar-refractivity contribution in [3.05, 3.63) is 27.8 Å². The summed E-state index contributed by atoms with van der Waals surface area (Å²) in [4.78, 5) is 20.6. The van der Waals surface area contributed by atoms with Crippen molar-refractivity contribution < 1.29 is 19.6 Å². The number of benzene rings is 1. The van der Waals surface area contributed by atoms with Gasteiger partial charge >= 0.3 is 5.69 Å². The lowest BCUT2D eigenvalue weighted by atomic mass is 10.2. The van der Waals surface area contributed by atoms with Crippen LogP contribution in [0.3, 0.4) is 0 Å². The number of phenolic OH excluding ortho intramolecular Hbond substituents is 1. The molecule has 1 rings (SSSR count). The predicted octanol–water partition coefficient (Wildman–Crippen LogP) is 2.29. The van der Waals surface area contributed by atoms with E-state index in [-0.39, 0.29) is 17.4 Å². The lowest BCUT2D eigenvalue weighted by molar-refractivity contribution is -0.386. The lowest BCUT2D eigenvalue weighted by Gasteiger charge is -2.13. The summed E-state index contributed by atoms with van der Waals surface area (Å²) in [5, 5.41) is 20.3. The van der Waals surface area contributed by atoms with E-state index in [1.165, 1.54) is 6.07 Å². The number of nitro groups is 1. The highest BCUT2D eigenvalue weighted by atomic mass is 16.6. The molecule has 1 unspecified atom stereocenters. The van der Waals surface area contributed by atoms with Gasteiger partial charge in [-0.15, -0.1) is 0 Å². The van der Waals surface area contributed by atoms with E-state index in [4.69, 9.17) is 4.74 Å². The average Bonchev–Trinajstić information content (AvgIpc) is 2.31. The molecule has 0 bridgehead atoms. The van der Waals surface area contributed by atoms with Crippen LogP contribution in [0.5, 0.6) is 11.5 Å². The predicted molar refractivity (Wildman–Crippen MR) is 60.5 cm³/mol. The van der Waals surface area contributed by atoms with Gasteiger partial charge in [0.05, 0.1) is 11.0 Å². The number of carbonyl (C=O) groups is 1. The van der Waals surface area contributed by atoms with Crippen molar-refractivity contribution in [3.63, 3.8) is 0 Å². The molecule has 1 atom stereocenters. The molecule has 0 aliphatic carbocycles. The molecule has 0 saturated carbocycles. The first-order valence-corrected chi connectivity index (χ1v) is 5.12. The number of ether oxygens (including phenoxy) is 1. The molecule has 0 aliphatic rings. The quantitative estimate of drug-likeness (QED) is 0.483. The normalized spacial score (nSPS) is 11.9. The Morgan fingerprint density at radius 2 is 2.24 bits per heavy atom. The standard InChI is InChI=1S/C11H13NO5/c1-3-7(2)17-10-5-8(6-13)4-9(11(10)14)12(15)16/h4-7,14H,3H2,1-2H3. The second-order valence-corrected chi connectivity index (χ2v) is 3.60. The number of phenols is 1. The maximum Gasteiger partial charge on any atom is 0.315 e. The van der Waals surface area contributed by atoms with Crippen LogP contribution < -0.4 is 4.74 Å². The zero-order valence-corrected chi connectivity index (χ0v) is 9.54. The summed E-state index contributed by atoms with van der Waals surface area (Å²) in [6.07, 6.45) is 0.941. The van der Waals surface area contributed by atoms with Crippen LogP contribution in [0.15, 0.2) is 12.1 Å². The zero-order valence-electron chi connectivity index (χ0n) is 9.54. The largest absolute Gasteiger partial charge is 0.500 e. The van der Waals surface area contributed by atoms with E-state index < -0.39 is 16.4 Å². The van der Waals surface area contributed by atoms with E-state index >= 15 is 0 Å². The van der Waals surface area contributed by atoms with Crippen LogP contribution in [0.1, 0.15) is 30.6 Å². The van der Waals surface area contributed by atoms with Gasteiger partial charge in [0, 0.05) is 11.6 Å². The number of nitrogens with zero attached hydrogens (tertiary/aromatic N) is 1. The first kappa shape index (κ1) is 13.0. The van der Waals surface area contributed by atoms with Gasteiger partial charge in [0.2, 0.25) is 5.75 Å². The average molecular weight is 239 g/mol. The Kier molecular flexibility index (Phi) is 4.03. The van der Waals surface area contributed by atoms with Gasteiger partial charge < -0.3 is 9.84 Å². The summed E-state index contributed by atoms with van der Waals surface area (Å²) in [5.41, 5.74) is -0.444. The van der Waals surface area contributed by atoms with Crippen molar-refractivity contribution in [1.82, 2.24) is 0 Å². The topological polar surface area (TPSA) is 89.7 Å². The molecule has 1 N–H and O–H groups in total. The molecular formula is C11H13NO5. The van der Waals surface area contributed by atoms with Crippen molar-refractivity contribution in [2.75, 3.05) is 0 Å². The Hall–Kier alpha value is -2.11. The van der Waals surface area contributed by atoms with E-state index in [9.17, 15) is 20.0 Å². The van der Waals surface area contributed by atoms with Gasteiger partial charge in [-0.2, -0.15) is 0 Å². The number of hydrogen-bond donors (Lipinski definition) is 1. The van der Waals surface area contributed by atoms with Gasteiger partial charge in [0.1, 0.15) is 6.29 Å². The van der Waals surface area contributed by atoms with Crippen molar-refractivity contribution in [2.45, 2.75) is 26.4 Å². The molecule has 0 heterocycles. The number of aromatic hydroxyl groups is 1. The number of hydrogen-bond acceptors (Lipinski definition) is 5. The zero-order chi connectivity index (χ0) is 13.0. The fourth-order valence-corrected chi connectivity index (χ4v) is 1.21. The van der Waals surface area contributed by atoms with E-state index in [2.05, 4.69) is 0 Å². The lowest BCUT2D eigenvalue weighted by Crippen LogP contribution is -2.10. The van der Waals surface area contributed by atoms with E-state index in [0.29, 0.717) is 12.7 Å². The van der Waals surface area contributed by atoms with Crippen LogP contribution in [-0.2, 0) is 0 Å². The van der Waals surface area contributed by atoms with Gasteiger partial charge in [0.25, 0.3) is 0 Å². The van der Waals surface area contributed by atoms with E-state index in [1.54, 1.807) is 6.92 Å². The smallest absolute Gasteiger partial charge is 0.315 e. The van der Waals surface area contributed by atoms with Crippen LogP contribution in [0, 0.1) is 10.1 Å². The molecule has 0 aliphatic heterocycles. The number of carbonyl (C=O) groups excluding carboxylic acids is 1. The Bertz CT molecular complexity index is 444. The first-order valence-electron chi connectivity index (χ1n) is 5.12. The maximum atomic E-state index is 10.7. The molecule has 17 heavy (non-hydrogen) atoms. The van der Waals surface area contributed by atoms with Crippen molar-refractivity contribution in [3.8, 4) is 11.5 Å². The van der Waals surface area contributed by atoms with Gasteiger partial charge in [-0.3, -0.25) is 14.9 Å². The molecule has 0 spiro atoms. The third kappa shape index (κ3) is 2.93. The number of rotatable bonds is 5. The van der Waals surface area contributed by atoms with Crippen LogP contribution in [0.4, 0.5) is 5.69 Å².